The molecule has 0 bridgehead atoms. The summed E-state index contributed by atoms with van der Waals surface area (Å²) in [7, 11) is 3.27. The van der Waals surface area contributed by atoms with Crippen molar-refractivity contribution in [2.24, 2.45) is 5.73 Å². The predicted octanol–water partition coefficient (Wildman–Crippen LogP) is 1.91. The highest BCUT2D eigenvalue weighted by Gasteiger charge is 2.30. The summed E-state index contributed by atoms with van der Waals surface area (Å²) in [4.78, 5) is 41.7. The number of ether oxygens (including phenoxy) is 2. The maximum Gasteiger partial charge on any atom is 0.430 e. The number of benzene rings is 2. The van der Waals surface area contributed by atoms with Crippen LogP contribution in [0.4, 0.5) is 24.8 Å². The Kier molecular flexibility index (Phi) is 15.2. The SMILES string of the molecule is COc1ccc(CCC[N+](CCCc2ccc(OC)cc2)(CCNC(=O)c2nc(Cl)c(N)nc2N)CC(N)=O)cc1.O=C([O-])C(F)(F)F. The molecule has 0 aliphatic rings. The van der Waals surface area contributed by atoms with Crippen molar-refractivity contribution in [3.05, 3.63) is 70.5 Å². The smallest absolute Gasteiger partial charge is 0.430 e. The Hall–Kier alpha value is -4.83. The fourth-order valence-corrected chi connectivity index (χ4v) is 4.95. The summed E-state index contributed by atoms with van der Waals surface area (Å²) in [6.07, 6.45) is -1.91. The third kappa shape index (κ3) is 13.1. The third-order valence-corrected chi connectivity index (χ3v) is 7.51. The summed E-state index contributed by atoms with van der Waals surface area (Å²) in [6, 6.07) is 15.9. The van der Waals surface area contributed by atoms with Gasteiger partial charge in [0.1, 0.15) is 17.5 Å². The van der Waals surface area contributed by atoms with E-state index in [0.717, 1.165) is 37.2 Å². The van der Waals surface area contributed by atoms with Gasteiger partial charge in [-0.25, -0.2) is 9.97 Å². The Morgan fingerprint density at radius 3 is 1.71 bits per heavy atom. The Morgan fingerprint density at radius 1 is 0.854 bits per heavy atom. The number of hydrogen-bond acceptors (Lipinski definition) is 10. The number of alkyl halides is 3. The molecule has 0 saturated heterocycles. The highest BCUT2D eigenvalue weighted by atomic mass is 35.5. The van der Waals surface area contributed by atoms with Gasteiger partial charge >= 0.3 is 6.18 Å². The van der Waals surface area contributed by atoms with Crippen molar-refractivity contribution in [2.75, 3.05) is 58.4 Å². The lowest BCUT2D eigenvalue weighted by molar-refractivity contribution is -0.920. The molecular weight excluding hydrogens is 659 g/mol. The van der Waals surface area contributed by atoms with Crippen molar-refractivity contribution < 1.29 is 46.6 Å². The lowest BCUT2D eigenvalue weighted by Gasteiger charge is -2.38. The van der Waals surface area contributed by atoms with E-state index >= 15 is 0 Å². The number of hydrogen-bond donors (Lipinski definition) is 4. The molecule has 7 N–H and O–H groups in total. The first-order valence-electron chi connectivity index (χ1n) is 14.6. The van der Waals surface area contributed by atoms with Crippen molar-refractivity contribution in [3.63, 3.8) is 0 Å². The molecule has 0 unspecified atom stereocenters. The first kappa shape index (κ1) is 39.3. The van der Waals surface area contributed by atoms with Crippen molar-refractivity contribution in [1.29, 1.82) is 0 Å². The number of carbonyl (C=O) groups is 3. The van der Waals surface area contributed by atoms with Gasteiger partial charge in [-0.05, 0) is 48.2 Å². The number of anilines is 2. The minimum atomic E-state index is -5.19. The minimum absolute atomic E-state index is 0.0495. The van der Waals surface area contributed by atoms with E-state index in [2.05, 4.69) is 15.3 Å². The number of aromatic nitrogens is 2. The lowest BCUT2D eigenvalue weighted by atomic mass is 10.1. The normalized spacial score (nSPS) is 11.2. The molecule has 2 amide bonds. The van der Waals surface area contributed by atoms with Gasteiger partial charge in [-0.3, -0.25) is 9.59 Å². The number of carboxylic acids is 1. The molecule has 0 aliphatic heterocycles. The molecule has 1 heterocycles. The molecule has 3 aromatic rings. The van der Waals surface area contributed by atoms with Crippen LogP contribution in [0, 0.1) is 0 Å². The topological polar surface area (TPSA) is 209 Å². The van der Waals surface area contributed by atoms with Crippen LogP contribution in [-0.4, -0.2) is 85.4 Å². The van der Waals surface area contributed by atoms with Gasteiger partial charge in [0.15, 0.2) is 29.0 Å². The van der Waals surface area contributed by atoms with E-state index in [9.17, 15) is 22.8 Å². The van der Waals surface area contributed by atoms with Crippen LogP contribution < -0.4 is 37.1 Å². The number of quaternary nitrogens is 1. The monoisotopic (exact) mass is 697 g/mol. The number of carbonyl (C=O) groups excluding carboxylic acids is 3. The number of nitrogen functional groups attached to an aromatic ring is 2. The summed E-state index contributed by atoms with van der Waals surface area (Å²) in [5.74, 6) is -2.49. The number of aryl methyl sites for hydroxylation is 2. The highest BCUT2D eigenvalue weighted by Crippen LogP contribution is 2.19. The van der Waals surface area contributed by atoms with Gasteiger partial charge in [-0.15, -0.1) is 0 Å². The zero-order valence-corrected chi connectivity index (χ0v) is 27.3. The summed E-state index contributed by atoms with van der Waals surface area (Å²) in [6.45, 7) is 2.29. The molecule has 17 heteroatoms. The maximum absolute atomic E-state index is 12.8. The van der Waals surface area contributed by atoms with Gasteiger partial charge in [-0.2, -0.15) is 13.2 Å². The zero-order valence-electron chi connectivity index (χ0n) is 26.5. The number of primary amides is 1. The molecule has 0 saturated carbocycles. The number of carboxylic acid groups (broad SMARTS) is 1. The van der Waals surface area contributed by atoms with Crippen molar-refractivity contribution >= 4 is 41.0 Å². The molecule has 0 spiro atoms. The van der Waals surface area contributed by atoms with E-state index in [1.165, 1.54) is 11.1 Å². The van der Waals surface area contributed by atoms with Crippen LogP contribution >= 0.6 is 11.6 Å². The zero-order chi connectivity index (χ0) is 35.9. The molecule has 0 atom stereocenters. The molecule has 0 radical (unpaired) electrons. The van der Waals surface area contributed by atoms with E-state index in [1.54, 1.807) is 14.2 Å². The second kappa shape index (κ2) is 18.5. The van der Waals surface area contributed by atoms with Crippen LogP contribution in [0.3, 0.4) is 0 Å². The summed E-state index contributed by atoms with van der Waals surface area (Å²) in [5.41, 5.74) is 19.5. The van der Waals surface area contributed by atoms with E-state index in [1.807, 2.05) is 48.5 Å². The molecule has 1 aromatic heterocycles. The van der Waals surface area contributed by atoms with Gasteiger partial charge in [0, 0.05) is 12.8 Å². The van der Waals surface area contributed by atoms with E-state index < -0.39 is 24.0 Å². The maximum atomic E-state index is 12.8. The number of aliphatic carboxylic acids is 1. The fourth-order valence-electron chi connectivity index (χ4n) is 4.82. The number of nitrogens with zero attached hydrogens (tertiary/aromatic N) is 3. The first-order chi connectivity index (χ1) is 22.6. The Bertz CT molecular complexity index is 1460. The molecule has 3 rings (SSSR count). The van der Waals surface area contributed by atoms with E-state index in [4.69, 9.17) is 48.2 Å². The lowest BCUT2D eigenvalue weighted by Crippen LogP contribution is -2.57. The summed E-state index contributed by atoms with van der Waals surface area (Å²) >= 11 is 5.94. The minimum Gasteiger partial charge on any atom is -0.542 e. The average molecular weight is 698 g/mol. The predicted molar refractivity (Wildman–Crippen MR) is 171 cm³/mol. The average Bonchev–Trinajstić information content (AvgIpc) is 3.03. The highest BCUT2D eigenvalue weighted by molar-refractivity contribution is 6.31. The van der Waals surface area contributed by atoms with Crippen LogP contribution in [0.2, 0.25) is 5.15 Å². The van der Waals surface area contributed by atoms with Gasteiger partial charge in [0.05, 0.1) is 40.4 Å². The molecule has 13 nitrogen and oxygen atoms in total. The van der Waals surface area contributed by atoms with Gasteiger partial charge in [0.25, 0.3) is 11.8 Å². The fraction of sp³-hybridized carbons (Fsp3) is 0.387. The molecule has 48 heavy (non-hydrogen) atoms. The largest absolute Gasteiger partial charge is 0.542 e. The van der Waals surface area contributed by atoms with Crippen molar-refractivity contribution in [3.8, 4) is 11.5 Å². The number of rotatable bonds is 16. The van der Waals surface area contributed by atoms with E-state index in [0.29, 0.717) is 24.1 Å². The molecule has 262 valence electrons. The van der Waals surface area contributed by atoms with Gasteiger partial charge < -0.3 is 46.4 Å². The van der Waals surface area contributed by atoms with Crippen LogP contribution in [0.1, 0.15) is 34.5 Å². The number of nitrogens with two attached hydrogens (primary N) is 3. The number of amides is 2. The second-order valence-corrected chi connectivity index (χ2v) is 11.1. The van der Waals surface area contributed by atoms with Gasteiger partial charge in [-0.1, -0.05) is 35.9 Å². The third-order valence-electron chi connectivity index (χ3n) is 7.23. The first-order valence-corrected chi connectivity index (χ1v) is 15.0. The van der Waals surface area contributed by atoms with Crippen LogP contribution in [-0.2, 0) is 22.4 Å². The number of nitrogens with one attached hydrogen (secondary N) is 1. The van der Waals surface area contributed by atoms with E-state index in [-0.39, 0.29) is 35.6 Å². The second-order valence-electron chi connectivity index (χ2n) is 10.7. The van der Waals surface area contributed by atoms with Crippen molar-refractivity contribution in [1.82, 2.24) is 15.3 Å². The molecular formula is C31H39ClF3N7O6. The quantitative estimate of drug-likeness (QED) is 0.160. The van der Waals surface area contributed by atoms with Crippen molar-refractivity contribution in [2.45, 2.75) is 31.9 Å². The molecule has 0 aliphatic carbocycles. The summed E-state index contributed by atoms with van der Waals surface area (Å²) in [5, 5.41) is 11.5. The van der Waals surface area contributed by atoms with Crippen LogP contribution in [0.15, 0.2) is 48.5 Å². The number of methoxy groups -OCH3 is 2. The Morgan fingerprint density at radius 2 is 1.31 bits per heavy atom. The number of halogens is 4. The summed E-state index contributed by atoms with van der Waals surface area (Å²) < 4.78 is 42.5. The molecule has 2 aromatic carbocycles. The standard InChI is InChI=1S/C29H38ClN7O4.C2HF3O2/c1-40-22-11-7-20(8-12-22)5-3-16-37(19-24(31)38,17-4-6-21-9-13-23(41-2)14-10-21)18-15-34-29(39)25-27(32)36-28(33)26(30)35-25;3-2(4,5)1(6)7/h7-14H,3-6,15-19H2,1-2H3,(H6-,31,32,33,34,36,38,39);(H,6,7). The Balaban J connectivity index is 0.00000103. The van der Waals surface area contributed by atoms with Gasteiger partial charge in [0.2, 0.25) is 0 Å². The Labute approximate surface area is 280 Å². The van der Waals surface area contributed by atoms with Crippen LogP contribution in [0.25, 0.3) is 0 Å². The molecule has 0 fully saturated rings. The van der Waals surface area contributed by atoms with Crippen LogP contribution in [0.5, 0.6) is 11.5 Å².